The fourth-order valence-electron chi connectivity index (χ4n) is 2.70. The quantitative estimate of drug-likeness (QED) is 0.350. The van der Waals surface area contributed by atoms with Crippen LogP contribution < -0.4 is 15.2 Å². The van der Waals surface area contributed by atoms with E-state index in [0.29, 0.717) is 0 Å². The molecule has 0 bridgehead atoms. The summed E-state index contributed by atoms with van der Waals surface area (Å²) >= 11 is 0. The van der Waals surface area contributed by atoms with Crippen molar-refractivity contribution in [1.29, 1.82) is 0 Å². The van der Waals surface area contributed by atoms with Crippen molar-refractivity contribution in [3.8, 4) is 17.2 Å². The molecule has 25 heavy (non-hydrogen) atoms. The minimum absolute atomic E-state index is 0.733. The number of nitrogens with two attached hydrogens (primary N) is 1. The van der Waals surface area contributed by atoms with E-state index in [4.69, 9.17) is 15.2 Å². The van der Waals surface area contributed by atoms with Gasteiger partial charge in [0.15, 0.2) is 0 Å². The van der Waals surface area contributed by atoms with E-state index in [9.17, 15) is 0 Å². The van der Waals surface area contributed by atoms with Gasteiger partial charge in [0, 0.05) is 5.69 Å². The Balaban J connectivity index is 1.59. The van der Waals surface area contributed by atoms with E-state index < -0.39 is 0 Å². The van der Waals surface area contributed by atoms with Crippen molar-refractivity contribution in [1.82, 2.24) is 0 Å². The molecule has 0 fully saturated rings. The van der Waals surface area contributed by atoms with Crippen molar-refractivity contribution >= 4 is 5.69 Å². The number of nitrogen functional groups attached to an aromatic ring is 1. The normalized spacial score (nSPS) is 10.6. The molecule has 0 amide bonds. The average molecular weight is 341 g/mol. The molecule has 2 N–H and O–H groups in total. The summed E-state index contributed by atoms with van der Waals surface area (Å²) in [7, 11) is 0. The summed E-state index contributed by atoms with van der Waals surface area (Å²) in [5, 5.41) is 0. The van der Waals surface area contributed by atoms with Gasteiger partial charge in [-0.05, 0) is 55.0 Å². The fourth-order valence-corrected chi connectivity index (χ4v) is 2.70. The average Bonchev–Trinajstić information content (AvgIpc) is 2.63. The van der Waals surface area contributed by atoms with Crippen molar-refractivity contribution in [3.63, 3.8) is 0 Å². The summed E-state index contributed by atoms with van der Waals surface area (Å²) in [6.45, 7) is 3.04. The van der Waals surface area contributed by atoms with Gasteiger partial charge in [0.2, 0.25) is 0 Å². The van der Waals surface area contributed by atoms with E-state index in [0.717, 1.165) is 36.0 Å². The van der Waals surface area contributed by atoms with Crippen LogP contribution in [0.4, 0.5) is 5.69 Å². The predicted molar refractivity (Wildman–Crippen MR) is 105 cm³/mol. The topological polar surface area (TPSA) is 44.5 Å². The summed E-state index contributed by atoms with van der Waals surface area (Å²) in [5.74, 6) is 2.47. The van der Waals surface area contributed by atoms with Crippen LogP contribution in [-0.4, -0.2) is 6.61 Å². The Labute approximate surface area is 152 Å². The van der Waals surface area contributed by atoms with Crippen molar-refractivity contribution < 1.29 is 9.47 Å². The monoisotopic (exact) mass is 341 g/mol. The Morgan fingerprint density at radius 1 is 0.640 bits per heavy atom. The van der Waals surface area contributed by atoms with Crippen LogP contribution in [0.3, 0.4) is 0 Å². The molecule has 0 heterocycles. The first kappa shape index (κ1) is 19.2. The summed E-state index contributed by atoms with van der Waals surface area (Å²) in [4.78, 5) is 0. The molecule has 0 aliphatic carbocycles. The molecule has 2 aromatic rings. The van der Waals surface area contributed by atoms with Gasteiger partial charge >= 0.3 is 0 Å². The lowest BCUT2D eigenvalue weighted by atomic mass is 10.1. The van der Waals surface area contributed by atoms with Gasteiger partial charge in [0.05, 0.1) is 6.61 Å². The third-order valence-electron chi connectivity index (χ3n) is 4.21. The second kappa shape index (κ2) is 11.4. The lowest BCUT2D eigenvalue weighted by Crippen LogP contribution is -1.97. The van der Waals surface area contributed by atoms with Crippen LogP contribution in [0.1, 0.15) is 58.3 Å². The number of anilines is 1. The maximum absolute atomic E-state index is 5.80. The molecule has 0 aromatic heterocycles. The van der Waals surface area contributed by atoms with Crippen molar-refractivity contribution in [3.05, 3.63) is 48.5 Å². The largest absolute Gasteiger partial charge is 0.494 e. The molecule has 0 saturated heterocycles. The van der Waals surface area contributed by atoms with Crippen molar-refractivity contribution in [2.24, 2.45) is 0 Å². The van der Waals surface area contributed by atoms with E-state index in [-0.39, 0.29) is 0 Å². The number of ether oxygens (including phenoxy) is 2. The minimum atomic E-state index is 0.733. The summed E-state index contributed by atoms with van der Waals surface area (Å²) in [5.41, 5.74) is 6.41. The summed E-state index contributed by atoms with van der Waals surface area (Å²) in [6.07, 6.45) is 10.5. The van der Waals surface area contributed by atoms with Crippen LogP contribution >= 0.6 is 0 Å². The first-order valence-electron chi connectivity index (χ1n) is 9.54. The molecule has 0 radical (unpaired) electrons. The number of benzene rings is 2. The fraction of sp³-hybridized carbons (Fsp3) is 0.455. The Morgan fingerprint density at radius 2 is 1.12 bits per heavy atom. The van der Waals surface area contributed by atoms with Crippen LogP contribution in [0.25, 0.3) is 0 Å². The number of rotatable bonds is 12. The Morgan fingerprint density at radius 3 is 1.72 bits per heavy atom. The molecular formula is C22H31NO2. The predicted octanol–water partition coefficient (Wildman–Crippen LogP) is 6.58. The zero-order valence-electron chi connectivity index (χ0n) is 15.4. The van der Waals surface area contributed by atoms with E-state index in [1.54, 1.807) is 0 Å². The number of hydrogen-bond acceptors (Lipinski definition) is 3. The van der Waals surface area contributed by atoms with Gasteiger partial charge in [-0.15, -0.1) is 0 Å². The SMILES string of the molecule is CCCCCCCCCCOc1ccc(Oc2ccc(N)cc2)cc1. The zero-order chi connectivity index (χ0) is 17.7. The van der Waals surface area contributed by atoms with Gasteiger partial charge < -0.3 is 15.2 Å². The third-order valence-corrected chi connectivity index (χ3v) is 4.21. The summed E-state index contributed by atoms with van der Waals surface area (Å²) in [6, 6.07) is 15.2. The maximum Gasteiger partial charge on any atom is 0.127 e. The smallest absolute Gasteiger partial charge is 0.127 e. The summed E-state index contributed by atoms with van der Waals surface area (Å²) < 4.78 is 11.6. The van der Waals surface area contributed by atoms with Crippen LogP contribution in [0, 0.1) is 0 Å². The molecule has 0 atom stereocenters. The Hall–Kier alpha value is -2.16. The van der Waals surface area contributed by atoms with E-state index in [1.165, 1.54) is 44.9 Å². The number of unbranched alkanes of at least 4 members (excludes halogenated alkanes) is 7. The lowest BCUT2D eigenvalue weighted by molar-refractivity contribution is 0.304. The van der Waals surface area contributed by atoms with Crippen LogP contribution in [0.2, 0.25) is 0 Å². The van der Waals surface area contributed by atoms with Gasteiger partial charge in [0.25, 0.3) is 0 Å². The van der Waals surface area contributed by atoms with Crippen LogP contribution in [0.5, 0.6) is 17.2 Å². The molecule has 136 valence electrons. The molecule has 0 unspecified atom stereocenters. The molecular weight excluding hydrogens is 310 g/mol. The van der Waals surface area contributed by atoms with E-state index in [1.807, 2.05) is 48.5 Å². The molecule has 2 rings (SSSR count). The highest BCUT2D eigenvalue weighted by atomic mass is 16.5. The first-order valence-corrected chi connectivity index (χ1v) is 9.54. The Bertz CT molecular complexity index is 578. The second-order valence-electron chi connectivity index (χ2n) is 6.47. The Kier molecular flexibility index (Phi) is 8.74. The molecule has 3 heteroatoms. The number of hydrogen-bond donors (Lipinski definition) is 1. The molecule has 0 aliphatic rings. The first-order chi connectivity index (χ1) is 12.3. The standard InChI is InChI=1S/C22H31NO2/c1-2-3-4-5-6-7-8-9-18-24-20-14-16-22(17-15-20)25-21-12-10-19(23)11-13-21/h10-17H,2-9,18,23H2,1H3. The third kappa shape index (κ3) is 7.97. The molecule has 3 nitrogen and oxygen atoms in total. The van der Waals surface area contributed by atoms with Gasteiger partial charge in [-0.1, -0.05) is 51.9 Å². The molecule has 0 spiro atoms. The van der Waals surface area contributed by atoms with Crippen LogP contribution in [-0.2, 0) is 0 Å². The molecule has 0 aliphatic heterocycles. The van der Waals surface area contributed by atoms with Crippen molar-refractivity contribution in [2.75, 3.05) is 12.3 Å². The lowest BCUT2D eigenvalue weighted by Gasteiger charge is -2.09. The van der Waals surface area contributed by atoms with Crippen molar-refractivity contribution in [2.45, 2.75) is 58.3 Å². The highest BCUT2D eigenvalue weighted by Crippen LogP contribution is 2.24. The van der Waals surface area contributed by atoms with Crippen LogP contribution in [0.15, 0.2) is 48.5 Å². The highest BCUT2D eigenvalue weighted by molar-refractivity contribution is 5.43. The maximum atomic E-state index is 5.80. The second-order valence-corrected chi connectivity index (χ2v) is 6.47. The highest BCUT2D eigenvalue weighted by Gasteiger charge is 1.99. The molecule has 0 saturated carbocycles. The molecule has 2 aromatic carbocycles. The van der Waals surface area contributed by atoms with Gasteiger partial charge in [-0.3, -0.25) is 0 Å². The van der Waals surface area contributed by atoms with Gasteiger partial charge in [0.1, 0.15) is 17.2 Å². The van der Waals surface area contributed by atoms with E-state index in [2.05, 4.69) is 6.92 Å². The van der Waals surface area contributed by atoms with Gasteiger partial charge in [-0.25, -0.2) is 0 Å². The van der Waals surface area contributed by atoms with Gasteiger partial charge in [-0.2, -0.15) is 0 Å². The zero-order valence-corrected chi connectivity index (χ0v) is 15.4. The minimum Gasteiger partial charge on any atom is -0.494 e. The van der Waals surface area contributed by atoms with E-state index >= 15 is 0 Å².